The van der Waals surface area contributed by atoms with Gasteiger partial charge in [0.25, 0.3) is 0 Å². The molecule has 4 aromatic rings. The molecule has 0 saturated heterocycles. The molecule has 34 heavy (non-hydrogen) atoms. The fourth-order valence-corrected chi connectivity index (χ4v) is 4.85. The Labute approximate surface area is 204 Å². The Bertz CT molecular complexity index is 1220. The van der Waals surface area contributed by atoms with Crippen LogP contribution in [0.25, 0.3) is 0 Å². The molecule has 0 aromatic heterocycles. The van der Waals surface area contributed by atoms with Crippen molar-refractivity contribution in [2.75, 3.05) is 0 Å². The van der Waals surface area contributed by atoms with Gasteiger partial charge < -0.3 is 0 Å². The van der Waals surface area contributed by atoms with Crippen LogP contribution in [-0.2, 0) is 0 Å². The van der Waals surface area contributed by atoms with Crippen LogP contribution in [0.15, 0.2) is 109 Å². The molecule has 0 amide bonds. The standard InChI is InChI=1S/C28H18O4S2/c29-25(19-7-3-1-4-8-19)21-11-15-23(16-12-21)27(31)33-34-28(32)24-17-13-22(14-18-24)26(30)20-9-5-2-6-10-20/h1-18H. The van der Waals surface area contributed by atoms with Crippen LogP contribution in [0, 0.1) is 0 Å². The molecule has 0 atom stereocenters. The fraction of sp³-hybridized carbons (Fsp3) is 0. The van der Waals surface area contributed by atoms with Crippen LogP contribution in [-0.4, -0.2) is 21.8 Å². The van der Waals surface area contributed by atoms with Crippen molar-refractivity contribution in [3.05, 3.63) is 143 Å². The zero-order chi connectivity index (χ0) is 23.9. The minimum absolute atomic E-state index is 0.119. The molecule has 0 bridgehead atoms. The van der Waals surface area contributed by atoms with Gasteiger partial charge in [0, 0.05) is 33.4 Å². The summed E-state index contributed by atoms with van der Waals surface area (Å²) in [5, 5.41) is -0.569. The summed E-state index contributed by atoms with van der Waals surface area (Å²) in [4.78, 5) is 50.0. The lowest BCUT2D eigenvalue weighted by Crippen LogP contribution is -2.02. The van der Waals surface area contributed by atoms with E-state index in [1.165, 1.54) is 0 Å². The van der Waals surface area contributed by atoms with Gasteiger partial charge in [-0.2, -0.15) is 0 Å². The average molecular weight is 483 g/mol. The molecule has 0 aliphatic heterocycles. The fourth-order valence-electron chi connectivity index (χ4n) is 3.20. The first-order valence-corrected chi connectivity index (χ1v) is 12.5. The van der Waals surface area contributed by atoms with Crippen LogP contribution >= 0.6 is 21.6 Å². The van der Waals surface area contributed by atoms with Crippen LogP contribution in [0.5, 0.6) is 0 Å². The lowest BCUT2D eigenvalue weighted by atomic mass is 10.0. The van der Waals surface area contributed by atoms with Crippen molar-refractivity contribution in [1.29, 1.82) is 0 Å². The largest absolute Gasteiger partial charge is 0.289 e. The van der Waals surface area contributed by atoms with Crippen LogP contribution in [0.3, 0.4) is 0 Å². The van der Waals surface area contributed by atoms with Crippen molar-refractivity contribution in [2.45, 2.75) is 0 Å². The summed E-state index contributed by atoms with van der Waals surface area (Å²) in [6, 6.07) is 30.6. The predicted octanol–water partition coefficient (Wildman–Crippen LogP) is 6.51. The number of carbonyl (C=O) groups is 4. The summed E-state index contributed by atoms with van der Waals surface area (Å²) in [5.41, 5.74) is 2.93. The highest BCUT2D eigenvalue weighted by atomic mass is 33.1. The molecule has 0 fully saturated rings. The molecule has 0 aliphatic carbocycles. The van der Waals surface area contributed by atoms with E-state index < -0.39 is 0 Å². The van der Waals surface area contributed by atoms with E-state index in [1.54, 1.807) is 97.1 Å². The molecule has 4 nitrogen and oxygen atoms in total. The van der Waals surface area contributed by atoms with E-state index in [-0.39, 0.29) is 21.8 Å². The lowest BCUT2D eigenvalue weighted by molar-refractivity contribution is 0.103. The van der Waals surface area contributed by atoms with Crippen LogP contribution in [0.1, 0.15) is 52.6 Å². The average Bonchev–Trinajstić information content (AvgIpc) is 2.92. The van der Waals surface area contributed by atoms with E-state index in [0.29, 0.717) is 33.4 Å². The molecule has 0 saturated carbocycles. The third-order valence-electron chi connectivity index (χ3n) is 5.03. The maximum Gasteiger partial charge on any atom is 0.230 e. The maximum absolute atomic E-state index is 12.5. The van der Waals surface area contributed by atoms with E-state index in [2.05, 4.69) is 0 Å². The molecule has 6 heteroatoms. The molecular weight excluding hydrogens is 464 g/mol. The Kier molecular flexibility index (Phi) is 7.52. The number of rotatable bonds is 6. The van der Waals surface area contributed by atoms with Crippen molar-refractivity contribution >= 4 is 43.4 Å². The molecule has 0 unspecified atom stereocenters. The molecule has 0 heterocycles. The van der Waals surface area contributed by atoms with Gasteiger partial charge in [-0.05, 0) is 45.9 Å². The summed E-state index contributed by atoms with van der Waals surface area (Å²) < 4.78 is 0. The minimum atomic E-state index is -0.284. The number of hydrogen-bond acceptors (Lipinski definition) is 6. The van der Waals surface area contributed by atoms with E-state index in [4.69, 9.17) is 0 Å². The highest BCUT2D eigenvalue weighted by molar-refractivity contribution is 8.87. The van der Waals surface area contributed by atoms with Gasteiger partial charge in [-0.3, -0.25) is 19.2 Å². The Hall–Kier alpha value is -3.74. The molecule has 4 rings (SSSR count). The Morgan fingerprint density at radius 1 is 0.353 bits per heavy atom. The monoisotopic (exact) mass is 482 g/mol. The molecule has 0 radical (unpaired) electrons. The number of carbonyl (C=O) groups excluding carboxylic acids is 4. The lowest BCUT2D eigenvalue weighted by Gasteiger charge is -2.04. The maximum atomic E-state index is 12.5. The summed E-state index contributed by atoms with van der Waals surface area (Å²) in [7, 11) is 1.65. The number of ketones is 2. The second kappa shape index (κ2) is 10.9. The molecule has 166 valence electrons. The zero-order valence-electron chi connectivity index (χ0n) is 17.8. The highest BCUT2D eigenvalue weighted by Crippen LogP contribution is 2.30. The van der Waals surface area contributed by atoms with Gasteiger partial charge in [-0.15, -0.1) is 0 Å². The van der Waals surface area contributed by atoms with Gasteiger partial charge in [0.15, 0.2) is 11.6 Å². The van der Waals surface area contributed by atoms with Crippen molar-refractivity contribution in [1.82, 2.24) is 0 Å². The first-order chi connectivity index (χ1) is 16.5. The Morgan fingerprint density at radius 2 is 0.618 bits per heavy atom. The molecule has 0 N–H and O–H groups in total. The van der Waals surface area contributed by atoms with E-state index in [9.17, 15) is 19.2 Å². The molecule has 4 aromatic carbocycles. The SMILES string of the molecule is O=C(SSC(=O)c1ccc(C(=O)c2ccccc2)cc1)c1ccc(C(=O)c2ccccc2)cc1. The summed E-state index contributed by atoms with van der Waals surface area (Å²) in [5.74, 6) is -0.239. The first kappa shape index (κ1) is 23.4. The first-order valence-electron chi connectivity index (χ1n) is 10.4. The topological polar surface area (TPSA) is 68.3 Å². The van der Waals surface area contributed by atoms with Crippen LogP contribution < -0.4 is 0 Å². The highest BCUT2D eigenvalue weighted by Gasteiger charge is 2.16. The van der Waals surface area contributed by atoms with Gasteiger partial charge in [0.05, 0.1) is 0 Å². The smallest absolute Gasteiger partial charge is 0.230 e. The van der Waals surface area contributed by atoms with Crippen LogP contribution in [0.2, 0.25) is 0 Å². The van der Waals surface area contributed by atoms with Gasteiger partial charge in [0.1, 0.15) is 0 Å². The summed E-state index contributed by atoms with van der Waals surface area (Å²) in [6.07, 6.45) is 0. The van der Waals surface area contributed by atoms with E-state index >= 15 is 0 Å². The summed E-state index contributed by atoms with van der Waals surface area (Å²) >= 11 is 0. The van der Waals surface area contributed by atoms with Gasteiger partial charge in [0.2, 0.25) is 10.2 Å². The van der Waals surface area contributed by atoms with Crippen LogP contribution in [0.4, 0.5) is 0 Å². The second-order valence-electron chi connectivity index (χ2n) is 7.29. The quantitative estimate of drug-likeness (QED) is 0.230. The number of hydrogen-bond donors (Lipinski definition) is 0. The third-order valence-corrected chi connectivity index (χ3v) is 7.05. The van der Waals surface area contributed by atoms with E-state index in [0.717, 1.165) is 21.6 Å². The molecular formula is C28H18O4S2. The second-order valence-corrected chi connectivity index (χ2v) is 9.36. The van der Waals surface area contributed by atoms with Gasteiger partial charge in [-0.1, -0.05) is 84.9 Å². The summed E-state index contributed by atoms with van der Waals surface area (Å²) in [6.45, 7) is 0. The van der Waals surface area contributed by atoms with Gasteiger partial charge in [-0.25, -0.2) is 0 Å². The third kappa shape index (κ3) is 5.60. The Morgan fingerprint density at radius 3 is 0.941 bits per heavy atom. The zero-order valence-corrected chi connectivity index (χ0v) is 19.5. The normalized spacial score (nSPS) is 10.5. The predicted molar refractivity (Wildman–Crippen MR) is 136 cm³/mol. The molecule has 0 aliphatic rings. The van der Waals surface area contributed by atoms with Crippen molar-refractivity contribution in [3.63, 3.8) is 0 Å². The van der Waals surface area contributed by atoms with Crippen molar-refractivity contribution < 1.29 is 19.2 Å². The van der Waals surface area contributed by atoms with E-state index in [1.807, 2.05) is 12.1 Å². The van der Waals surface area contributed by atoms with Gasteiger partial charge >= 0.3 is 0 Å². The number of benzene rings is 4. The molecule has 0 spiro atoms. The van der Waals surface area contributed by atoms with Crippen molar-refractivity contribution in [3.8, 4) is 0 Å². The van der Waals surface area contributed by atoms with Crippen molar-refractivity contribution in [2.24, 2.45) is 0 Å². The Balaban J connectivity index is 1.34. The minimum Gasteiger partial charge on any atom is -0.289 e.